The van der Waals surface area contributed by atoms with Gasteiger partial charge in [-0.25, -0.2) is 4.99 Å². The molecule has 5 rings (SSSR count). The van der Waals surface area contributed by atoms with Crippen molar-refractivity contribution < 1.29 is 4.74 Å². The van der Waals surface area contributed by atoms with Crippen LogP contribution in [0, 0.1) is 0 Å². The minimum Gasteiger partial charge on any atom is -0.453 e. The highest BCUT2D eigenvalue weighted by molar-refractivity contribution is 5.69. The second-order valence-electron chi connectivity index (χ2n) is 5.45. The highest BCUT2D eigenvalue weighted by Gasteiger charge is 2.19. The topological polar surface area (TPSA) is 46.0 Å². The number of nitrogens with zero attached hydrogens (tertiary/aromatic N) is 2. The summed E-state index contributed by atoms with van der Waals surface area (Å²) in [4.78, 5) is 9.26. The fraction of sp³-hybridized carbons (Fsp3) is 0.250. The van der Waals surface area contributed by atoms with E-state index in [4.69, 9.17) is 9.73 Å². The molecule has 2 aromatic rings. The summed E-state index contributed by atoms with van der Waals surface area (Å²) in [6.07, 6.45) is 2.08. The first kappa shape index (κ1) is 10.4. The zero-order valence-corrected chi connectivity index (χ0v) is 10.9. The van der Waals surface area contributed by atoms with Crippen LogP contribution in [0.15, 0.2) is 34.3 Å². The molecule has 3 aliphatic rings. The largest absolute Gasteiger partial charge is 0.453 e. The summed E-state index contributed by atoms with van der Waals surface area (Å²) < 4.78 is 6.03. The van der Waals surface area contributed by atoms with Gasteiger partial charge >= 0.3 is 0 Å². The molecule has 0 bridgehead atoms. The summed E-state index contributed by atoms with van der Waals surface area (Å²) in [7, 11) is 0. The summed E-state index contributed by atoms with van der Waals surface area (Å²) in [6, 6.07) is 8.35. The molecule has 0 unspecified atom stereocenters. The molecule has 4 nitrogen and oxygen atoms in total. The van der Waals surface area contributed by atoms with Crippen molar-refractivity contribution in [1.29, 1.82) is 0 Å². The molecule has 0 spiro atoms. The van der Waals surface area contributed by atoms with Crippen molar-refractivity contribution in [3.05, 3.63) is 46.1 Å². The Morgan fingerprint density at radius 3 is 2.95 bits per heavy atom. The molecule has 4 heteroatoms. The number of hydrogen-bond donors (Lipinski definition) is 1. The predicted octanol–water partition coefficient (Wildman–Crippen LogP) is 1.89. The Morgan fingerprint density at radius 1 is 0.950 bits per heavy atom. The number of anilines is 1. The van der Waals surface area contributed by atoms with E-state index in [1.54, 1.807) is 0 Å². The molecule has 0 atom stereocenters. The predicted molar refractivity (Wildman–Crippen MR) is 75.7 cm³/mol. The van der Waals surface area contributed by atoms with Gasteiger partial charge in [0.1, 0.15) is 11.0 Å². The summed E-state index contributed by atoms with van der Waals surface area (Å²) in [6.45, 7) is 1.88. The van der Waals surface area contributed by atoms with Crippen molar-refractivity contribution in [3.63, 3.8) is 0 Å². The lowest BCUT2D eigenvalue weighted by molar-refractivity contribution is 0.469. The fourth-order valence-electron chi connectivity index (χ4n) is 3.15. The van der Waals surface area contributed by atoms with E-state index in [1.165, 1.54) is 16.8 Å². The zero-order chi connectivity index (χ0) is 13.1. The van der Waals surface area contributed by atoms with E-state index in [0.29, 0.717) is 0 Å². The van der Waals surface area contributed by atoms with Gasteiger partial charge in [0.15, 0.2) is 11.5 Å². The van der Waals surface area contributed by atoms with Gasteiger partial charge in [-0.2, -0.15) is 0 Å². The monoisotopic (exact) mass is 263 g/mol. The van der Waals surface area contributed by atoms with Gasteiger partial charge in [-0.05, 0) is 36.1 Å². The van der Waals surface area contributed by atoms with Crippen LogP contribution >= 0.6 is 0 Å². The van der Waals surface area contributed by atoms with E-state index in [9.17, 15) is 0 Å². The van der Waals surface area contributed by atoms with Crippen LogP contribution < -0.4 is 20.8 Å². The first-order chi connectivity index (χ1) is 9.87. The summed E-state index contributed by atoms with van der Waals surface area (Å²) >= 11 is 0. The average Bonchev–Trinajstić information content (AvgIpc) is 3.07. The highest BCUT2D eigenvalue weighted by atomic mass is 16.5. The van der Waals surface area contributed by atoms with Gasteiger partial charge < -0.3 is 10.1 Å². The highest BCUT2D eigenvalue weighted by Crippen LogP contribution is 2.39. The third-order valence-electron chi connectivity index (χ3n) is 4.18. The van der Waals surface area contributed by atoms with Crippen LogP contribution in [0.3, 0.4) is 0 Å². The first-order valence-corrected chi connectivity index (χ1v) is 7.02. The summed E-state index contributed by atoms with van der Waals surface area (Å²) in [5.74, 6) is 1.66. The second kappa shape index (κ2) is 3.60. The molecular weight excluding hydrogens is 250 g/mol. The molecular formula is C16H13N3O. The Bertz CT molecular complexity index is 870. The van der Waals surface area contributed by atoms with Crippen molar-refractivity contribution in [2.24, 2.45) is 9.98 Å². The fourth-order valence-corrected chi connectivity index (χ4v) is 3.15. The molecule has 0 radical (unpaired) electrons. The van der Waals surface area contributed by atoms with Crippen LogP contribution in [0.1, 0.15) is 11.1 Å². The van der Waals surface area contributed by atoms with Gasteiger partial charge in [0, 0.05) is 30.9 Å². The normalized spacial score (nSPS) is 16.8. The maximum Gasteiger partial charge on any atom is 0.155 e. The van der Waals surface area contributed by atoms with Crippen molar-refractivity contribution in [2.75, 3.05) is 18.4 Å². The molecule has 0 saturated carbocycles. The van der Waals surface area contributed by atoms with E-state index < -0.39 is 0 Å². The van der Waals surface area contributed by atoms with Crippen LogP contribution in [-0.2, 0) is 12.8 Å². The average molecular weight is 263 g/mol. The molecule has 0 amide bonds. The Labute approximate surface area is 115 Å². The molecule has 0 aromatic heterocycles. The van der Waals surface area contributed by atoms with Gasteiger partial charge in [0.05, 0.1) is 5.36 Å². The summed E-state index contributed by atoms with van der Waals surface area (Å²) in [5.41, 5.74) is 4.72. The van der Waals surface area contributed by atoms with E-state index in [2.05, 4.69) is 28.5 Å². The van der Waals surface area contributed by atoms with Crippen LogP contribution in [0.4, 0.5) is 11.4 Å². The van der Waals surface area contributed by atoms with Gasteiger partial charge in [-0.3, -0.25) is 4.99 Å². The minimum absolute atomic E-state index is 0.819. The van der Waals surface area contributed by atoms with Crippen molar-refractivity contribution in [3.8, 4) is 11.5 Å². The number of hydrogen-bond acceptors (Lipinski definition) is 4. The second-order valence-corrected chi connectivity index (χ2v) is 5.45. The van der Waals surface area contributed by atoms with Gasteiger partial charge in [-0.1, -0.05) is 0 Å². The molecule has 0 fully saturated rings. The Hall–Kier alpha value is -2.36. The maximum atomic E-state index is 6.03. The third-order valence-corrected chi connectivity index (χ3v) is 4.18. The Kier molecular flexibility index (Phi) is 1.88. The van der Waals surface area contributed by atoms with E-state index in [0.717, 1.165) is 53.8 Å². The molecule has 3 heterocycles. The molecule has 2 aromatic carbocycles. The van der Waals surface area contributed by atoms with Gasteiger partial charge in [0.2, 0.25) is 0 Å². The van der Waals surface area contributed by atoms with Crippen molar-refractivity contribution in [1.82, 2.24) is 0 Å². The van der Waals surface area contributed by atoms with Gasteiger partial charge in [-0.15, -0.1) is 0 Å². The van der Waals surface area contributed by atoms with Crippen LogP contribution in [0.5, 0.6) is 11.5 Å². The van der Waals surface area contributed by atoms with Crippen LogP contribution in [-0.4, -0.2) is 13.1 Å². The molecule has 0 aliphatic carbocycles. The lowest BCUT2D eigenvalue weighted by atomic mass is 10.1. The quantitative estimate of drug-likeness (QED) is 0.673. The lowest BCUT2D eigenvalue weighted by Gasteiger charge is -2.15. The standard InChI is InChI=1S/C16H13N3O/c1-3-17-11-7-15-13(5-9(1)11)19-14-6-10-2-4-18-12(10)8-16(14)20-15/h5-8,17H,1-4H2. The SMILES string of the molecule is c1c2c(cc3c1N=c1cc4c(cc1O3)=NCC4)NCC2. The molecule has 20 heavy (non-hydrogen) atoms. The Balaban J connectivity index is 1.76. The first-order valence-electron chi connectivity index (χ1n) is 7.02. The van der Waals surface area contributed by atoms with Crippen molar-refractivity contribution >= 4 is 11.4 Å². The minimum atomic E-state index is 0.819. The maximum absolute atomic E-state index is 6.03. The number of fused-ring (bicyclic) bond motifs is 4. The van der Waals surface area contributed by atoms with Crippen LogP contribution in [0.25, 0.3) is 0 Å². The van der Waals surface area contributed by atoms with E-state index in [-0.39, 0.29) is 0 Å². The molecule has 98 valence electrons. The number of nitrogens with one attached hydrogen (secondary N) is 1. The smallest absolute Gasteiger partial charge is 0.155 e. The molecule has 3 aliphatic heterocycles. The van der Waals surface area contributed by atoms with Gasteiger partial charge in [0.25, 0.3) is 0 Å². The Morgan fingerprint density at radius 2 is 1.95 bits per heavy atom. The van der Waals surface area contributed by atoms with Crippen LogP contribution in [0.2, 0.25) is 0 Å². The zero-order valence-electron chi connectivity index (χ0n) is 10.9. The lowest BCUT2D eigenvalue weighted by Crippen LogP contribution is -2.17. The van der Waals surface area contributed by atoms with E-state index in [1.807, 2.05) is 6.07 Å². The summed E-state index contributed by atoms with van der Waals surface area (Å²) in [5, 5.41) is 5.36. The molecule has 0 saturated heterocycles. The third kappa shape index (κ3) is 1.36. The number of rotatable bonds is 0. The molecule has 1 N–H and O–H groups in total. The van der Waals surface area contributed by atoms with Crippen molar-refractivity contribution in [2.45, 2.75) is 12.8 Å². The van der Waals surface area contributed by atoms with E-state index >= 15 is 0 Å². The number of benzene rings is 2. The number of ether oxygens (including phenoxy) is 1.